The lowest BCUT2D eigenvalue weighted by molar-refractivity contribution is 0.0986. The first kappa shape index (κ1) is 14.2. The Morgan fingerprint density at radius 3 is 2.33 bits per heavy atom. The van der Waals surface area contributed by atoms with Gasteiger partial charge in [0, 0.05) is 17.3 Å². The number of carbonyl (C=O) groups excluding carboxylic acids is 1. The van der Waals surface area contributed by atoms with Crippen LogP contribution in [0.25, 0.3) is 0 Å². The zero-order chi connectivity index (χ0) is 15.1. The van der Waals surface area contributed by atoms with Crippen molar-refractivity contribution in [3.8, 4) is 5.75 Å². The van der Waals surface area contributed by atoms with Crippen molar-refractivity contribution < 1.29 is 9.90 Å². The van der Waals surface area contributed by atoms with Crippen molar-refractivity contribution in [1.29, 1.82) is 0 Å². The Morgan fingerprint density at radius 1 is 1.19 bits per heavy atom. The van der Waals surface area contributed by atoms with Gasteiger partial charge in [-0.05, 0) is 38.5 Å². The van der Waals surface area contributed by atoms with Gasteiger partial charge in [0.25, 0.3) is 5.91 Å². The Labute approximate surface area is 123 Å². The molecule has 0 saturated heterocycles. The second-order valence-electron chi connectivity index (χ2n) is 6.33. The molecule has 1 aromatic rings. The van der Waals surface area contributed by atoms with Gasteiger partial charge in [0.05, 0.1) is 0 Å². The van der Waals surface area contributed by atoms with Gasteiger partial charge in [0.2, 0.25) is 5.43 Å². The predicted octanol–water partition coefficient (Wildman–Crippen LogP) is 2.34. The molecular weight excluding hydrogens is 268 g/mol. The van der Waals surface area contributed by atoms with Gasteiger partial charge in [-0.1, -0.05) is 19.3 Å². The van der Waals surface area contributed by atoms with E-state index in [2.05, 4.69) is 0 Å². The third-order valence-electron chi connectivity index (χ3n) is 4.83. The highest BCUT2D eigenvalue weighted by atomic mass is 16.3. The smallest absolute Gasteiger partial charge is 0.269 e. The Balaban J connectivity index is 2.21. The highest BCUT2D eigenvalue weighted by Crippen LogP contribution is 2.41. The van der Waals surface area contributed by atoms with Crippen LogP contribution in [0.1, 0.15) is 78.7 Å². The van der Waals surface area contributed by atoms with E-state index in [1.54, 1.807) is 0 Å². The molecule has 5 heteroatoms. The Hall–Kier alpha value is -1.78. The van der Waals surface area contributed by atoms with Gasteiger partial charge < -0.3 is 15.4 Å². The van der Waals surface area contributed by atoms with Crippen molar-refractivity contribution in [2.24, 2.45) is 5.73 Å². The molecule has 0 aromatic carbocycles. The maximum atomic E-state index is 12.5. The number of carbonyl (C=O) groups is 1. The first-order chi connectivity index (χ1) is 10.0. The predicted molar refractivity (Wildman–Crippen MR) is 79.7 cm³/mol. The van der Waals surface area contributed by atoms with Crippen LogP contribution in [-0.4, -0.2) is 15.6 Å². The van der Waals surface area contributed by atoms with E-state index in [1.165, 1.54) is 6.42 Å². The zero-order valence-electron chi connectivity index (χ0n) is 12.4. The van der Waals surface area contributed by atoms with Crippen molar-refractivity contribution >= 4 is 5.91 Å². The van der Waals surface area contributed by atoms with E-state index >= 15 is 0 Å². The molecule has 1 amide bonds. The number of primary amides is 1. The number of hydrogen-bond acceptors (Lipinski definition) is 3. The average molecular weight is 290 g/mol. The summed E-state index contributed by atoms with van der Waals surface area (Å²) in [4.78, 5) is 24.2. The van der Waals surface area contributed by atoms with Crippen LogP contribution in [0.3, 0.4) is 0 Å². The molecule has 0 bridgehead atoms. The molecule has 21 heavy (non-hydrogen) atoms. The van der Waals surface area contributed by atoms with Crippen LogP contribution in [0, 0.1) is 6.92 Å². The molecule has 0 atom stereocenters. The number of rotatable bonds is 3. The molecule has 5 nitrogen and oxygen atoms in total. The second-order valence-corrected chi connectivity index (χ2v) is 6.33. The topological polar surface area (TPSA) is 85.3 Å². The molecule has 3 N–H and O–H groups in total. The SMILES string of the molecule is Cc1c(C2CCCCC2)c(=O)c(O)c(C(N)=O)n1C1CC1. The van der Waals surface area contributed by atoms with Gasteiger partial charge in [0.15, 0.2) is 11.4 Å². The Bertz CT molecular complexity index is 638. The standard InChI is InChI=1S/C16H22N2O3/c1-9-12(10-5-3-2-4-6-10)14(19)15(20)13(16(17)21)18(9)11-7-8-11/h10-11,20H,2-8H2,1H3,(H2,17,21). The summed E-state index contributed by atoms with van der Waals surface area (Å²) in [6.07, 6.45) is 7.33. The van der Waals surface area contributed by atoms with E-state index in [0.29, 0.717) is 5.56 Å². The number of aromatic hydroxyl groups is 1. The number of amides is 1. The molecule has 2 aliphatic rings. The summed E-state index contributed by atoms with van der Waals surface area (Å²) in [6, 6.07) is 0.196. The normalized spacial score (nSPS) is 19.7. The van der Waals surface area contributed by atoms with Gasteiger partial charge >= 0.3 is 0 Å². The first-order valence-corrected chi connectivity index (χ1v) is 7.80. The van der Waals surface area contributed by atoms with Crippen molar-refractivity contribution in [2.45, 2.75) is 63.8 Å². The van der Waals surface area contributed by atoms with Crippen LogP contribution in [0.5, 0.6) is 5.75 Å². The Kier molecular flexibility index (Phi) is 3.51. The summed E-state index contributed by atoms with van der Waals surface area (Å²) in [5.74, 6) is -0.987. The van der Waals surface area contributed by atoms with Crippen LogP contribution >= 0.6 is 0 Å². The quantitative estimate of drug-likeness (QED) is 0.896. The summed E-state index contributed by atoms with van der Waals surface area (Å²) in [7, 11) is 0. The molecule has 1 aromatic heterocycles. The number of aromatic nitrogens is 1. The molecule has 2 saturated carbocycles. The fourth-order valence-electron chi connectivity index (χ4n) is 3.71. The highest BCUT2D eigenvalue weighted by molar-refractivity contribution is 5.94. The molecule has 0 unspecified atom stereocenters. The van der Waals surface area contributed by atoms with E-state index in [-0.39, 0.29) is 17.7 Å². The van der Waals surface area contributed by atoms with Crippen LogP contribution in [0.4, 0.5) is 0 Å². The third-order valence-corrected chi connectivity index (χ3v) is 4.83. The number of hydrogen-bond donors (Lipinski definition) is 2. The van der Waals surface area contributed by atoms with E-state index in [9.17, 15) is 14.7 Å². The van der Waals surface area contributed by atoms with Crippen LogP contribution in [0.15, 0.2) is 4.79 Å². The second kappa shape index (κ2) is 5.20. The summed E-state index contributed by atoms with van der Waals surface area (Å²) in [5.41, 5.74) is 6.49. The van der Waals surface area contributed by atoms with Crippen LogP contribution in [0.2, 0.25) is 0 Å². The minimum absolute atomic E-state index is 0.0143. The average Bonchev–Trinajstić information content (AvgIpc) is 3.28. The monoisotopic (exact) mass is 290 g/mol. The fourth-order valence-corrected chi connectivity index (χ4v) is 3.71. The molecule has 0 aliphatic heterocycles. The van der Waals surface area contributed by atoms with Crippen molar-refractivity contribution in [3.05, 3.63) is 27.2 Å². The number of pyridine rings is 1. The van der Waals surface area contributed by atoms with Gasteiger partial charge in [-0.3, -0.25) is 9.59 Å². The summed E-state index contributed by atoms with van der Waals surface area (Å²) >= 11 is 0. The summed E-state index contributed by atoms with van der Waals surface area (Å²) in [5, 5.41) is 10.2. The molecule has 0 radical (unpaired) electrons. The summed E-state index contributed by atoms with van der Waals surface area (Å²) < 4.78 is 1.81. The minimum Gasteiger partial charge on any atom is -0.503 e. The lowest BCUT2D eigenvalue weighted by Crippen LogP contribution is -2.29. The third kappa shape index (κ3) is 2.34. The maximum Gasteiger partial charge on any atom is 0.269 e. The van der Waals surface area contributed by atoms with Crippen molar-refractivity contribution in [2.75, 3.05) is 0 Å². The van der Waals surface area contributed by atoms with E-state index < -0.39 is 17.1 Å². The zero-order valence-corrected chi connectivity index (χ0v) is 12.4. The molecular formula is C16H22N2O3. The fraction of sp³-hybridized carbons (Fsp3) is 0.625. The van der Waals surface area contributed by atoms with Gasteiger partial charge in [-0.2, -0.15) is 0 Å². The molecule has 2 fully saturated rings. The lowest BCUT2D eigenvalue weighted by Gasteiger charge is -2.26. The van der Waals surface area contributed by atoms with E-state index in [1.807, 2.05) is 11.5 Å². The molecule has 2 aliphatic carbocycles. The maximum absolute atomic E-state index is 12.5. The van der Waals surface area contributed by atoms with Crippen LogP contribution in [-0.2, 0) is 0 Å². The van der Waals surface area contributed by atoms with Gasteiger partial charge in [-0.25, -0.2) is 0 Å². The Morgan fingerprint density at radius 2 is 1.81 bits per heavy atom. The van der Waals surface area contributed by atoms with Gasteiger partial charge in [-0.15, -0.1) is 0 Å². The van der Waals surface area contributed by atoms with E-state index in [0.717, 1.165) is 44.2 Å². The van der Waals surface area contributed by atoms with Crippen molar-refractivity contribution in [1.82, 2.24) is 4.57 Å². The largest absolute Gasteiger partial charge is 0.503 e. The lowest BCUT2D eigenvalue weighted by atomic mass is 9.83. The molecule has 0 spiro atoms. The highest BCUT2D eigenvalue weighted by Gasteiger charge is 2.34. The number of nitrogens with zero attached hydrogens (tertiary/aromatic N) is 1. The van der Waals surface area contributed by atoms with Crippen LogP contribution < -0.4 is 11.2 Å². The van der Waals surface area contributed by atoms with E-state index in [4.69, 9.17) is 5.73 Å². The molecule has 114 valence electrons. The molecule has 1 heterocycles. The minimum atomic E-state index is -0.727. The van der Waals surface area contributed by atoms with Gasteiger partial charge in [0.1, 0.15) is 0 Å². The molecule has 3 rings (SSSR count). The first-order valence-electron chi connectivity index (χ1n) is 7.80. The summed E-state index contributed by atoms with van der Waals surface area (Å²) in [6.45, 7) is 1.88. The number of nitrogens with two attached hydrogens (primary N) is 1. The van der Waals surface area contributed by atoms with Crippen molar-refractivity contribution in [3.63, 3.8) is 0 Å².